The summed E-state index contributed by atoms with van der Waals surface area (Å²) in [4.78, 5) is 10.8. The van der Waals surface area contributed by atoms with Gasteiger partial charge in [-0.25, -0.2) is 4.39 Å². The van der Waals surface area contributed by atoms with Gasteiger partial charge < -0.3 is 5.11 Å². The third-order valence-electron chi connectivity index (χ3n) is 3.17. The van der Waals surface area contributed by atoms with Gasteiger partial charge in [0, 0.05) is 5.41 Å². The number of rotatable bonds is 3. The minimum atomic E-state index is -0.796. The molecule has 0 atom stereocenters. The van der Waals surface area contributed by atoms with E-state index in [4.69, 9.17) is 5.11 Å². The van der Waals surface area contributed by atoms with Crippen molar-refractivity contribution in [2.75, 3.05) is 0 Å². The van der Waals surface area contributed by atoms with Gasteiger partial charge in [0.2, 0.25) is 0 Å². The molecule has 2 nitrogen and oxygen atoms in total. The van der Waals surface area contributed by atoms with E-state index in [-0.39, 0.29) is 17.7 Å². The lowest BCUT2D eigenvalue weighted by Crippen LogP contribution is -2.13. The van der Waals surface area contributed by atoms with Crippen LogP contribution in [-0.4, -0.2) is 11.1 Å². The van der Waals surface area contributed by atoms with Crippen LogP contribution >= 0.6 is 15.9 Å². The van der Waals surface area contributed by atoms with Gasteiger partial charge in [0.05, 0.1) is 10.9 Å². The van der Waals surface area contributed by atoms with E-state index in [9.17, 15) is 9.18 Å². The minimum Gasteiger partial charge on any atom is -0.481 e. The molecule has 0 aliphatic heterocycles. The Bertz CT molecular complexity index is 429. The first kappa shape index (κ1) is 11.6. The fourth-order valence-corrected chi connectivity index (χ4v) is 2.60. The highest BCUT2D eigenvalue weighted by Gasteiger charge is 2.46. The number of carboxylic acid groups (broad SMARTS) is 1. The number of aryl methyl sites for hydroxylation is 1. The van der Waals surface area contributed by atoms with E-state index in [1.54, 1.807) is 19.1 Å². The summed E-state index contributed by atoms with van der Waals surface area (Å²) in [6.07, 6.45) is 1.87. The highest BCUT2D eigenvalue weighted by Crippen LogP contribution is 2.51. The zero-order valence-corrected chi connectivity index (χ0v) is 10.5. The van der Waals surface area contributed by atoms with Crippen molar-refractivity contribution in [2.24, 2.45) is 0 Å². The van der Waals surface area contributed by atoms with Crippen molar-refractivity contribution in [3.05, 3.63) is 33.5 Å². The molecule has 1 saturated carbocycles. The van der Waals surface area contributed by atoms with Crippen molar-refractivity contribution in [2.45, 2.75) is 31.6 Å². The first-order valence-corrected chi connectivity index (χ1v) is 5.92. The number of carbonyl (C=O) groups is 1. The fraction of sp³-hybridized carbons (Fsp3) is 0.417. The summed E-state index contributed by atoms with van der Waals surface area (Å²) in [5, 5.41) is 8.86. The van der Waals surface area contributed by atoms with Crippen LogP contribution in [0.3, 0.4) is 0 Å². The van der Waals surface area contributed by atoms with Crippen LogP contribution in [0, 0.1) is 12.7 Å². The Morgan fingerprint density at radius 2 is 2.19 bits per heavy atom. The second-order valence-corrected chi connectivity index (χ2v) is 5.29. The van der Waals surface area contributed by atoms with Gasteiger partial charge in [0.1, 0.15) is 5.82 Å². The maximum absolute atomic E-state index is 13.4. The van der Waals surface area contributed by atoms with E-state index in [1.807, 2.05) is 0 Å². The quantitative estimate of drug-likeness (QED) is 0.925. The summed E-state index contributed by atoms with van der Waals surface area (Å²) in [5.41, 5.74) is 1.23. The van der Waals surface area contributed by atoms with E-state index >= 15 is 0 Å². The molecule has 0 radical (unpaired) electrons. The van der Waals surface area contributed by atoms with Crippen molar-refractivity contribution >= 4 is 21.9 Å². The molecule has 0 spiro atoms. The van der Waals surface area contributed by atoms with Crippen LogP contribution in [0.15, 0.2) is 16.6 Å². The maximum Gasteiger partial charge on any atom is 0.304 e. The van der Waals surface area contributed by atoms with Gasteiger partial charge in [0.25, 0.3) is 0 Å². The normalized spacial score (nSPS) is 17.2. The summed E-state index contributed by atoms with van der Waals surface area (Å²) in [6, 6.07) is 3.47. The largest absolute Gasteiger partial charge is 0.481 e. The molecule has 0 aromatic heterocycles. The van der Waals surface area contributed by atoms with Gasteiger partial charge in [-0.2, -0.15) is 0 Å². The number of hydrogen-bond acceptors (Lipinski definition) is 1. The molecule has 0 heterocycles. The lowest BCUT2D eigenvalue weighted by Gasteiger charge is -2.15. The van der Waals surface area contributed by atoms with Crippen LogP contribution in [0.25, 0.3) is 0 Å². The zero-order chi connectivity index (χ0) is 11.9. The Hall–Kier alpha value is -0.900. The molecule has 0 saturated heterocycles. The van der Waals surface area contributed by atoms with Gasteiger partial charge in [-0.1, -0.05) is 6.07 Å². The van der Waals surface area contributed by atoms with E-state index < -0.39 is 5.97 Å². The molecular formula is C12H12BrFO2. The fourth-order valence-electron chi connectivity index (χ4n) is 2.04. The Labute approximate surface area is 102 Å². The van der Waals surface area contributed by atoms with E-state index in [0.29, 0.717) is 10.0 Å². The molecule has 1 aromatic carbocycles. The highest BCUT2D eigenvalue weighted by atomic mass is 79.9. The Balaban J connectivity index is 2.38. The van der Waals surface area contributed by atoms with Crippen LogP contribution in [0.4, 0.5) is 4.39 Å². The third kappa shape index (κ3) is 1.98. The second-order valence-electron chi connectivity index (χ2n) is 4.44. The molecule has 0 unspecified atom stereocenters. The van der Waals surface area contributed by atoms with Crippen LogP contribution in [0.2, 0.25) is 0 Å². The van der Waals surface area contributed by atoms with E-state index in [2.05, 4.69) is 15.9 Å². The van der Waals surface area contributed by atoms with Crippen molar-refractivity contribution < 1.29 is 14.3 Å². The molecular weight excluding hydrogens is 275 g/mol. The summed E-state index contributed by atoms with van der Waals surface area (Å²) in [6.45, 7) is 1.69. The van der Waals surface area contributed by atoms with Gasteiger partial charge >= 0.3 is 5.97 Å². The summed E-state index contributed by atoms with van der Waals surface area (Å²) >= 11 is 3.16. The van der Waals surface area contributed by atoms with Crippen LogP contribution < -0.4 is 0 Å². The van der Waals surface area contributed by atoms with Crippen LogP contribution in [-0.2, 0) is 10.2 Å². The predicted octanol–water partition coefficient (Wildman–Crippen LogP) is 3.40. The number of hydrogen-bond donors (Lipinski definition) is 1. The molecule has 1 aliphatic carbocycles. The van der Waals surface area contributed by atoms with E-state index in [1.165, 1.54) is 0 Å². The number of halogens is 2. The lowest BCUT2D eigenvalue weighted by molar-refractivity contribution is -0.137. The third-order valence-corrected chi connectivity index (χ3v) is 3.74. The summed E-state index contributed by atoms with van der Waals surface area (Å²) in [5.74, 6) is -1.06. The van der Waals surface area contributed by atoms with Crippen LogP contribution in [0.1, 0.15) is 30.4 Å². The smallest absolute Gasteiger partial charge is 0.304 e. The average Bonchev–Trinajstić information content (AvgIpc) is 2.93. The van der Waals surface area contributed by atoms with Crippen molar-refractivity contribution in [3.8, 4) is 0 Å². The zero-order valence-electron chi connectivity index (χ0n) is 8.89. The topological polar surface area (TPSA) is 37.3 Å². The highest BCUT2D eigenvalue weighted by molar-refractivity contribution is 9.10. The molecule has 86 valence electrons. The first-order chi connectivity index (χ1) is 7.44. The maximum atomic E-state index is 13.4. The van der Waals surface area contributed by atoms with Gasteiger partial charge in [0.15, 0.2) is 0 Å². The molecule has 1 fully saturated rings. The molecule has 0 bridgehead atoms. The first-order valence-electron chi connectivity index (χ1n) is 5.12. The average molecular weight is 287 g/mol. The lowest BCUT2D eigenvalue weighted by atomic mass is 9.91. The SMILES string of the molecule is Cc1cc(C2(CC(=O)O)CC2)cc(Br)c1F. The summed E-state index contributed by atoms with van der Waals surface area (Å²) < 4.78 is 13.8. The van der Waals surface area contributed by atoms with Crippen molar-refractivity contribution in [3.63, 3.8) is 0 Å². The van der Waals surface area contributed by atoms with Gasteiger partial charge in [-0.15, -0.1) is 0 Å². The molecule has 1 aliphatic rings. The Morgan fingerprint density at radius 1 is 1.56 bits per heavy atom. The molecule has 2 rings (SSSR count). The standard InChI is InChI=1S/C12H12BrFO2/c1-7-4-8(5-9(13)11(7)14)12(2-3-12)6-10(15)16/h4-5H,2-3,6H2,1H3,(H,15,16). The van der Waals surface area contributed by atoms with Gasteiger partial charge in [-0.3, -0.25) is 4.79 Å². The molecule has 1 N–H and O–H groups in total. The second kappa shape index (κ2) is 3.84. The Kier molecular flexibility index (Phi) is 2.78. The Morgan fingerprint density at radius 3 is 2.62 bits per heavy atom. The molecule has 4 heteroatoms. The number of benzene rings is 1. The molecule has 16 heavy (non-hydrogen) atoms. The predicted molar refractivity (Wildman–Crippen MR) is 62.0 cm³/mol. The number of carboxylic acids is 1. The van der Waals surface area contributed by atoms with Gasteiger partial charge in [-0.05, 0) is 52.9 Å². The minimum absolute atomic E-state index is 0.129. The monoisotopic (exact) mass is 286 g/mol. The van der Waals surface area contributed by atoms with Crippen molar-refractivity contribution in [1.82, 2.24) is 0 Å². The molecule has 0 amide bonds. The van der Waals surface area contributed by atoms with E-state index in [0.717, 1.165) is 18.4 Å². The van der Waals surface area contributed by atoms with Crippen molar-refractivity contribution in [1.29, 1.82) is 0 Å². The molecule has 1 aromatic rings. The summed E-state index contributed by atoms with van der Waals surface area (Å²) in [7, 11) is 0. The van der Waals surface area contributed by atoms with Crippen LogP contribution in [0.5, 0.6) is 0 Å². The number of aliphatic carboxylic acids is 1.